The molecule has 0 aliphatic rings. The van der Waals surface area contributed by atoms with E-state index in [0.29, 0.717) is 12.4 Å². The van der Waals surface area contributed by atoms with Crippen LogP contribution in [0.2, 0.25) is 0 Å². The monoisotopic (exact) mass is 269 g/mol. The number of rotatable bonds is 5. The molecule has 1 unspecified atom stereocenters. The van der Waals surface area contributed by atoms with E-state index in [1.807, 2.05) is 60.7 Å². The Kier molecular flexibility index (Phi) is 5.15. The van der Waals surface area contributed by atoms with Gasteiger partial charge in [0.05, 0.1) is 12.6 Å². The standard InChI is InChI=1S/C16H19N3O/c17-16(19-14-9-5-2-6-10-14)18-12-15(20)11-13-7-3-1-4-8-13/h1-10,15,20H,11-12H2,(H3,17,18,19). The first-order valence-corrected chi connectivity index (χ1v) is 6.58. The highest BCUT2D eigenvalue weighted by atomic mass is 16.3. The van der Waals surface area contributed by atoms with Crippen LogP contribution in [0.25, 0.3) is 0 Å². The fraction of sp³-hybridized carbons (Fsp3) is 0.188. The minimum atomic E-state index is -0.534. The summed E-state index contributed by atoms with van der Waals surface area (Å²) in [5.41, 5.74) is 7.74. The number of nitrogens with zero attached hydrogens (tertiary/aromatic N) is 1. The molecule has 0 aliphatic carbocycles. The third-order valence-corrected chi connectivity index (χ3v) is 2.83. The number of aliphatic hydroxyl groups is 1. The van der Waals surface area contributed by atoms with Gasteiger partial charge >= 0.3 is 0 Å². The maximum atomic E-state index is 9.93. The van der Waals surface area contributed by atoms with Crippen LogP contribution >= 0.6 is 0 Å². The fourth-order valence-electron chi connectivity index (χ4n) is 1.86. The number of para-hydroxylation sites is 1. The molecule has 2 aromatic carbocycles. The molecular weight excluding hydrogens is 250 g/mol. The zero-order valence-electron chi connectivity index (χ0n) is 11.2. The molecule has 2 rings (SSSR count). The van der Waals surface area contributed by atoms with Crippen molar-refractivity contribution in [2.75, 3.05) is 11.9 Å². The predicted octanol–water partition coefficient (Wildman–Crippen LogP) is 2.02. The Hall–Kier alpha value is -2.33. The van der Waals surface area contributed by atoms with E-state index >= 15 is 0 Å². The van der Waals surface area contributed by atoms with Crippen LogP contribution in [0.3, 0.4) is 0 Å². The second-order valence-corrected chi connectivity index (χ2v) is 4.56. The lowest BCUT2D eigenvalue weighted by Crippen LogP contribution is -2.25. The summed E-state index contributed by atoms with van der Waals surface area (Å²) in [5, 5.41) is 12.9. The zero-order chi connectivity index (χ0) is 14.2. The normalized spacial score (nSPS) is 12.9. The molecule has 1 atom stereocenters. The van der Waals surface area contributed by atoms with Crippen molar-refractivity contribution in [3.8, 4) is 0 Å². The molecule has 104 valence electrons. The average Bonchev–Trinajstić information content (AvgIpc) is 2.47. The van der Waals surface area contributed by atoms with Crippen molar-refractivity contribution in [3.05, 3.63) is 66.2 Å². The SMILES string of the molecule is NC(=NCC(O)Cc1ccccc1)Nc1ccccc1. The molecule has 0 spiro atoms. The minimum Gasteiger partial charge on any atom is -0.391 e. The van der Waals surface area contributed by atoms with Gasteiger partial charge < -0.3 is 16.2 Å². The van der Waals surface area contributed by atoms with Crippen LogP contribution in [0.15, 0.2) is 65.7 Å². The fourth-order valence-corrected chi connectivity index (χ4v) is 1.86. The Morgan fingerprint density at radius 3 is 2.30 bits per heavy atom. The van der Waals surface area contributed by atoms with E-state index in [9.17, 15) is 5.11 Å². The number of guanidine groups is 1. The predicted molar refractivity (Wildman–Crippen MR) is 82.7 cm³/mol. The van der Waals surface area contributed by atoms with Crippen LogP contribution in [0.1, 0.15) is 5.56 Å². The van der Waals surface area contributed by atoms with Crippen molar-refractivity contribution in [2.24, 2.45) is 10.7 Å². The summed E-state index contributed by atoms with van der Waals surface area (Å²) in [6.07, 6.45) is 0.0386. The van der Waals surface area contributed by atoms with Crippen molar-refractivity contribution in [1.29, 1.82) is 0 Å². The first kappa shape index (κ1) is 14.1. The van der Waals surface area contributed by atoms with E-state index in [1.165, 1.54) is 0 Å². The molecule has 2 aromatic rings. The Bertz CT molecular complexity index is 540. The smallest absolute Gasteiger partial charge is 0.193 e. The molecule has 0 saturated heterocycles. The second kappa shape index (κ2) is 7.31. The maximum Gasteiger partial charge on any atom is 0.193 e. The Balaban J connectivity index is 1.82. The first-order valence-electron chi connectivity index (χ1n) is 6.58. The molecular formula is C16H19N3O. The van der Waals surface area contributed by atoms with Crippen LogP contribution in [0, 0.1) is 0 Å². The van der Waals surface area contributed by atoms with Gasteiger partial charge in [0.1, 0.15) is 0 Å². The first-order chi connectivity index (χ1) is 9.74. The van der Waals surface area contributed by atoms with E-state index in [-0.39, 0.29) is 6.54 Å². The number of benzene rings is 2. The number of nitrogens with two attached hydrogens (primary N) is 1. The average molecular weight is 269 g/mol. The van der Waals surface area contributed by atoms with Gasteiger partial charge in [-0.05, 0) is 17.7 Å². The maximum absolute atomic E-state index is 9.93. The third-order valence-electron chi connectivity index (χ3n) is 2.83. The Morgan fingerprint density at radius 1 is 1.05 bits per heavy atom. The van der Waals surface area contributed by atoms with E-state index < -0.39 is 6.10 Å². The largest absolute Gasteiger partial charge is 0.391 e. The van der Waals surface area contributed by atoms with Gasteiger partial charge in [-0.1, -0.05) is 48.5 Å². The lowest BCUT2D eigenvalue weighted by Gasteiger charge is -2.09. The van der Waals surface area contributed by atoms with Gasteiger partial charge in [-0.15, -0.1) is 0 Å². The van der Waals surface area contributed by atoms with Gasteiger partial charge in [-0.3, -0.25) is 4.99 Å². The van der Waals surface area contributed by atoms with Crippen molar-refractivity contribution >= 4 is 11.6 Å². The van der Waals surface area contributed by atoms with Crippen LogP contribution in [0.4, 0.5) is 5.69 Å². The lowest BCUT2D eigenvalue weighted by atomic mass is 10.1. The topological polar surface area (TPSA) is 70.6 Å². The number of nitrogens with one attached hydrogen (secondary N) is 1. The number of aliphatic hydroxyl groups excluding tert-OH is 1. The van der Waals surface area contributed by atoms with Gasteiger partial charge in [-0.2, -0.15) is 0 Å². The van der Waals surface area contributed by atoms with Gasteiger partial charge in [0, 0.05) is 12.1 Å². The molecule has 20 heavy (non-hydrogen) atoms. The van der Waals surface area contributed by atoms with Gasteiger partial charge in [0.15, 0.2) is 5.96 Å². The van der Waals surface area contributed by atoms with E-state index in [2.05, 4.69) is 10.3 Å². The summed E-state index contributed by atoms with van der Waals surface area (Å²) in [4.78, 5) is 4.15. The highest BCUT2D eigenvalue weighted by molar-refractivity contribution is 5.92. The summed E-state index contributed by atoms with van der Waals surface area (Å²) in [7, 11) is 0. The molecule has 4 heteroatoms. The van der Waals surface area contributed by atoms with Crippen LogP contribution in [0.5, 0.6) is 0 Å². The van der Waals surface area contributed by atoms with Crippen LogP contribution in [-0.2, 0) is 6.42 Å². The van der Waals surface area contributed by atoms with Crippen molar-refractivity contribution in [2.45, 2.75) is 12.5 Å². The molecule has 0 saturated carbocycles. The molecule has 0 heterocycles. The summed E-state index contributed by atoms with van der Waals surface area (Å²) < 4.78 is 0. The number of anilines is 1. The van der Waals surface area contributed by atoms with Crippen molar-refractivity contribution in [1.82, 2.24) is 0 Å². The summed E-state index contributed by atoms with van der Waals surface area (Å²) >= 11 is 0. The molecule has 0 fully saturated rings. The lowest BCUT2D eigenvalue weighted by molar-refractivity contribution is 0.184. The molecule has 0 bridgehead atoms. The van der Waals surface area contributed by atoms with Crippen molar-refractivity contribution in [3.63, 3.8) is 0 Å². The third kappa shape index (κ3) is 4.74. The molecule has 4 nitrogen and oxygen atoms in total. The highest BCUT2D eigenvalue weighted by Crippen LogP contribution is 2.05. The molecule has 0 aromatic heterocycles. The zero-order valence-corrected chi connectivity index (χ0v) is 11.2. The number of aliphatic imine (C=N–C) groups is 1. The summed E-state index contributed by atoms with van der Waals surface area (Å²) in [6.45, 7) is 0.278. The van der Waals surface area contributed by atoms with Gasteiger partial charge in [0.2, 0.25) is 0 Å². The number of hydrogen-bond acceptors (Lipinski definition) is 2. The quantitative estimate of drug-likeness (QED) is 0.574. The summed E-state index contributed by atoms with van der Waals surface area (Å²) in [6, 6.07) is 19.4. The molecule has 0 radical (unpaired) electrons. The Morgan fingerprint density at radius 2 is 1.65 bits per heavy atom. The Labute approximate surface area is 119 Å². The van der Waals surface area contributed by atoms with E-state index in [1.54, 1.807) is 0 Å². The van der Waals surface area contributed by atoms with Gasteiger partial charge in [-0.25, -0.2) is 0 Å². The van der Waals surface area contributed by atoms with E-state index in [4.69, 9.17) is 5.73 Å². The van der Waals surface area contributed by atoms with Crippen LogP contribution in [-0.4, -0.2) is 23.7 Å². The molecule has 4 N–H and O–H groups in total. The molecule has 0 amide bonds. The minimum absolute atomic E-state index is 0.278. The van der Waals surface area contributed by atoms with Crippen molar-refractivity contribution < 1.29 is 5.11 Å². The van der Waals surface area contributed by atoms with Crippen LogP contribution < -0.4 is 11.1 Å². The summed E-state index contributed by atoms with van der Waals surface area (Å²) in [5.74, 6) is 0.309. The van der Waals surface area contributed by atoms with E-state index in [0.717, 1.165) is 11.3 Å². The number of hydrogen-bond donors (Lipinski definition) is 3. The molecule has 0 aliphatic heterocycles. The highest BCUT2D eigenvalue weighted by Gasteiger charge is 2.04. The van der Waals surface area contributed by atoms with Gasteiger partial charge in [0.25, 0.3) is 0 Å². The second-order valence-electron chi connectivity index (χ2n) is 4.56.